The molecule has 0 spiro atoms. The number of benzene rings is 3. The van der Waals surface area contributed by atoms with Crippen molar-refractivity contribution in [2.24, 2.45) is 0 Å². The molecule has 3 aromatic carbocycles. The fourth-order valence-corrected chi connectivity index (χ4v) is 8.52. The summed E-state index contributed by atoms with van der Waals surface area (Å²) in [6.45, 7) is 12.0. The number of pyridine rings is 4. The van der Waals surface area contributed by atoms with E-state index in [-0.39, 0.29) is 35.9 Å². The Hall–Kier alpha value is -6.71. The molecule has 2 aliphatic rings. The van der Waals surface area contributed by atoms with E-state index in [0.717, 1.165) is 35.7 Å². The molecule has 0 aliphatic carbocycles. The third-order valence-electron chi connectivity index (χ3n) is 11.9. The molecule has 7 heterocycles. The second-order valence-corrected chi connectivity index (χ2v) is 17.3. The maximum absolute atomic E-state index is 10.7. The monoisotopic (exact) mass is 992 g/mol. The van der Waals surface area contributed by atoms with Crippen molar-refractivity contribution in [1.82, 2.24) is 24.5 Å². The third kappa shape index (κ3) is 10.7. The molecule has 5 aromatic heterocycles. The second kappa shape index (κ2) is 21.5. The topological polar surface area (TPSA) is 142 Å². The number of rotatable bonds is 6. The van der Waals surface area contributed by atoms with Gasteiger partial charge in [-0.25, -0.2) is 4.79 Å². The summed E-state index contributed by atoms with van der Waals surface area (Å²) in [4.78, 5) is 30.9. The van der Waals surface area contributed by atoms with Gasteiger partial charge in [0.1, 0.15) is 0 Å². The Labute approximate surface area is 408 Å². The smallest absolute Gasteiger partial charge is 0.753 e. The standard InChI is InChI=1S/C40H38N4.C11H8N2O2.2CNS.Ru/c1-39(2)17-20-43-21-18-40(3,4)33-24-28(23-32(39)38(33)43)14-13-27-15-16-36-30(22-27)31-25-35(34-12-8-9-19-41-34)42-26-37(31)44(36)29-10-6-5-7-11-29;14-11(15)8-4-6-13-10(7-8)9-3-1-2-5-12-9;2*2-1-3;/h5-16,19,22-26H,17-18,20-21H2,1-4H3;1-7H,(H,14,15);;;/q;;2*-1;+2/b14-13+;;;;. The van der Waals surface area contributed by atoms with E-state index in [4.69, 9.17) is 20.9 Å². The first-order chi connectivity index (χ1) is 31.4. The largest absolute Gasteiger partial charge is 2.00 e. The first-order valence-electron chi connectivity index (χ1n) is 21.1. The summed E-state index contributed by atoms with van der Waals surface area (Å²) in [6, 6.07) is 38.8. The Morgan fingerprint density at radius 2 is 1.17 bits per heavy atom. The molecule has 10 rings (SSSR count). The number of aromatic nitrogens is 5. The van der Waals surface area contributed by atoms with E-state index in [1.807, 2.05) is 36.7 Å². The molecule has 2 aliphatic heterocycles. The first-order valence-corrected chi connectivity index (χ1v) is 21.9. The molecule has 0 fully saturated rings. The molecule has 8 aromatic rings. The average molecular weight is 992 g/mol. The summed E-state index contributed by atoms with van der Waals surface area (Å²) in [7, 11) is 0. The van der Waals surface area contributed by atoms with Gasteiger partial charge < -0.3 is 25.4 Å². The molecule has 0 amide bonds. The van der Waals surface area contributed by atoms with Crippen LogP contribution in [0.25, 0.3) is 73.2 Å². The maximum Gasteiger partial charge on any atom is 2.00 e. The van der Waals surface area contributed by atoms with Crippen molar-refractivity contribution < 1.29 is 29.4 Å². The molecule has 0 unspecified atom stereocenters. The van der Waals surface area contributed by atoms with Crippen molar-refractivity contribution in [3.63, 3.8) is 0 Å². The molecule has 0 atom stereocenters. The number of isothiocyanates is 2. The van der Waals surface area contributed by atoms with Crippen LogP contribution in [0.15, 0.2) is 140 Å². The Morgan fingerprint density at radius 1 is 0.636 bits per heavy atom. The summed E-state index contributed by atoms with van der Waals surface area (Å²) in [5.74, 6) is -0.963. The van der Waals surface area contributed by atoms with Crippen LogP contribution in [0.5, 0.6) is 0 Å². The van der Waals surface area contributed by atoms with Crippen molar-refractivity contribution in [1.29, 1.82) is 0 Å². The van der Waals surface area contributed by atoms with Crippen LogP contribution < -0.4 is 4.90 Å². The van der Waals surface area contributed by atoms with Gasteiger partial charge in [0.2, 0.25) is 0 Å². The summed E-state index contributed by atoms with van der Waals surface area (Å²) in [5, 5.41) is 28.1. The first kappa shape index (κ1) is 48.7. The zero-order valence-corrected chi connectivity index (χ0v) is 40.2. The Bertz CT molecular complexity index is 3040. The molecular weight excluding hydrogens is 946 g/mol. The molecule has 0 bridgehead atoms. The van der Waals surface area contributed by atoms with E-state index < -0.39 is 5.97 Å². The van der Waals surface area contributed by atoms with Crippen LogP contribution in [0.2, 0.25) is 0 Å². The van der Waals surface area contributed by atoms with E-state index in [0.29, 0.717) is 11.4 Å². The minimum absolute atomic E-state index is 0. The average Bonchev–Trinajstić information content (AvgIpc) is 3.65. The van der Waals surface area contributed by atoms with E-state index >= 15 is 0 Å². The summed E-state index contributed by atoms with van der Waals surface area (Å²) in [5.41, 5.74) is 13.9. The maximum atomic E-state index is 10.7. The van der Waals surface area contributed by atoms with Crippen LogP contribution in [0, 0.1) is 0 Å². The number of carboxylic acid groups (broad SMARTS) is 1. The number of para-hydroxylation sites is 1. The zero-order valence-electron chi connectivity index (χ0n) is 36.9. The Morgan fingerprint density at radius 3 is 1.73 bits per heavy atom. The molecule has 0 saturated heterocycles. The zero-order chi connectivity index (χ0) is 46.1. The molecule has 0 radical (unpaired) electrons. The van der Waals surface area contributed by atoms with Crippen LogP contribution in [-0.4, -0.2) is 59.0 Å². The molecule has 66 heavy (non-hydrogen) atoms. The number of carboxylic acids is 1. The Balaban J connectivity index is 0.000000273. The van der Waals surface area contributed by atoms with Gasteiger partial charge >= 0.3 is 25.4 Å². The molecule has 330 valence electrons. The molecule has 0 saturated carbocycles. The molecule has 1 N–H and O–H groups in total. The van der Waals surface area contributed by atoms with Crippen molar-refractivity contribution in [3.8, 4) is 28.5 Å². The summed E-state index contributed by atoms with van der Waals surface area (Å²) < 4.78 is 2.32. The number of carbonyl (C=O) groups is 1. The van der Waals surface area contributed by atoms with Gasteiger partial charge in [0, 0.05) is 53.8 Å². The predicted octanol–water partition coefficient (Wildman–Crippen LogP) is 12.7. The van der Waals surface area contributed by atoms with Crippen LogP contribution >= 0.6 is 24.4 Å². The summed E-state index contributed by atoms with van der Waals surface area (Å²) >= 11 is 7.40. The molecular formula is C53H46N8O2RuS2. The van der Waals surface area contributed by atoms with E-state index in [1.165, 1.54) is 85.7 Å². The number of fused-ring (bicyclic) bond motifs is 3. The number of thiocarbonyl (C=S) groups is 2. The number of hydrogen-bond donors (Lipinski definition) is 1. The van der Waals surface area contributed by atoms with Crippen molar-refractivity contribution in [2.45, 2.75) is 51.4 Å². The van der Waals surface area contributed by atoms with Gasteiger partial charge in [0.05, 0.1) is 45.6 Å². The quantitative estimate of drug-likeness (QED) is 0.0746. The fourth-order valence-electron chi connectivity index (χ4n) is 8.52. The van der Waals surface area contributed by atoms with E-state index in [1.54, 1.807) is 18.3 Å². The second-order valence-electron chi connectivity index (χ2n) is 16.9. The number of nitrogens with zero attached hydrogens (tertiary/aromatic N) is 8. The van der Waals surface area contributed by atoms with Gasteiger partial charge in [-0.2, -0.15) is 10.3 Å². The number of anilines is 1. The number of hydrogen-bond acceptors (Lipinski definition) is 8. The molecule has 10 nitrogen and oxygen atoms in total. The predicted molar refractivity (Wildman–Crippen MR) is 271 cm³/mol. The summed E-state index contributed by atoms with van der Waals surface area (Å²) in [6.07, 6.45) is 13.9. The number of aromatic carboxylic acids is 1. The minimum atomic E-state index is -0.963. The van der Waals surface area contributed by atoms with E-state index in [9.17, 15) is 4.79 Å². The van der Waals surface area contributed by atoms with Crippen LogP contribution in [-0.2, 0) is 30.3 Å². The SMILES string of the molecule is CC1(C)CCN2CCC(C)(C)c3cc(/C=C/c4ccc5c(c4)c4cc(-c6ccccn6)ncc4n5-c4ccccc4)cc1c32.O=C(O)c1ccnc(-c2ccccn2)c1.[N-]=C=S.[N-]=C=S.[Ru+2]. The van der Waals surface area contributed by atoms with Gasteiger partial charge in [0.25, 0.3) is 0 Å². The van der Waals surface area contributed by atoms with Gasteiger partial charge in [-0.15, -0.1) is 0 Å². The van der Waals surface area contributed by atoms with Crippen molar-refractivity contribution in [2.75, 3.05) is 18.0 Å². The van der Waals surface area contributed by atoms with Gasteiger partial charge in [0.15, 0.2) is 0 Å². The van der Waals surface area contributed by atoms with Gasteiger partial charge in [-0.3, -0.25) is 19.9 Å². The van der Waals surface area contributed by atoms with E-state index in [2.05, 4.69) is 155 Å². The molecule has 13 heteroatoms. The third-order valence-corrected chi connectivity index (χ3v) is 11.9. The van der Waals surface area contributed by atoms with Crippen molar-refractivity contribution in [3.05, 3.63) is 179 Å². The normalized spacial score (nSPS) is 13.8. The van der Waals surface area contributed by atoms with Gasteiger partial charge in [-0.1, -0.05) is 101 Å². The van der Waals surface area contributed by atoms with Crippen LogP contribution in [0.3, 0.4) is 0 Å². The Kier molecular flexibility index (Phi) is 15.9. The minimum Gasteiger partial charge on any atom is -0.753 e. The van der Waals surface area contributed by atoms with Crippen LogP contribution in [0.1, 0.15) is 73.1 Å². The van der Waals surface area contributed by atoms with Gasteiger partial charge in [-0.05, 0) is 125 Å². The van der Waals surface area contributed by atoms with Crippen molar-refractivity contribution >= 4 is 80.4 Å². The fraction of sp³-hybridized carbons (Fsp3) is 0.189. The van der Waals surface area contributed by atoms with Crippen LogP contribution in [0.4, 0.5) is 5.69 Å².